The molecule has 0 atom stereocenters. The van der Waals surface area contributed by atoms with E-state index in [1.165, 1.54) is 12.8 Å². The Balaban J connectivity index is 1.45. The topological polar surface area (TPSA) is 93.5 Å². The number of nitrogens with one attached hydrogen (secondary N) is 2. The van der Waals surface area contributed by atoms with Gasteiger partial charge in [-0.25, -0.2) is 0 Å². The molecule has 4 rings (SSSR count). The third-order valence-corrected chi connectivity index (χ3v) is 6.00. The predicted octanol–water partition coefficient (Wildman–Crippen LogP) is 4.20. The predicted molar refractivity (Wildman–Crippen MR) is 122 cm³/mol. The molecule has 7 heteroatoms. The lowest BCUT2D eigenvalue weighted by Gasteiger charge is -2.14. The molecule has 1 aliphatic carbocycles. The second-order valence-electron chi connectivity index (χ2n) is 8.34. The van der Waals surface area contributed by atoms with Gasteiger partial charge in [0.2, 0.25) is 5.91 Å². The summed E-state index contributed by atoms with van der Waals surface area (Å²) in [4.78, 5) is 25.1. The summed E-state index contributed by atoms with van der Waals surface area (Å²) in [6.07, 6.45) is 4.67. The summed E-state index contributed by atoms with van der Waals surface area (Å²) < 4.78 is 11.3. The first-order valence-electron chi connectivity index (χ1n) is 11.2. The second-order valence-corrected chi connectivity index (χ2v) is 8.34. The average Bonchev–Trinajstić information content (AvgIpc) is 3.41. The van der Waals surface area contributed by atoms with Gasteiger partial charge in [-0.2, -0.15) is 0 Å². The number of amides is 2. The summed E-state index contributed by atoms with van der Waals surface area (Å²) in [5.74, 6) is 0.892. The minimum atomic E-state index is -0.266. The molecule has 0 saturated heterocycles. The van der Waals surface area contributed by atoms with Crippen molar-refractivity contribution in [3.05, 3.63) is 59.0 Å². The van der Waals surface area contributed by atoms with E-state index in [9.17, 15) is 9.59 Å². The summed E-state index contributed by atoms with van der Waals surface area (Å²) in [6, 6.07) is 11.8. The SMILES string of the molecule is Cc1noc(C)c1COc1cc2ccccc2cc1C(=O)NCCC(=O)NC1CCCC1. The maximum absolute atomic E-state index is 13.0. The van der Waals surface area contributed by atoms with E-state index < -0.39 is 0 Å². The number of fused-ring (bicyclic) bond motifs is 1. The summed E-state index contributed by atoms with van der Waals surface area (Å²) in [6.45, 7) is 4.22. The highest BCUT2D eigenvalue weighted by Gasteiger charge is 2.19. The Labute approximate surface area is 187 Å². The van der Waals surface area contributed by atoms with E-state index in [2.05, 4.69) is 15.8 Å². The lowest BCUT2D eigenvalue weighted by atomic mass is 10.1. The lowest BCUT2D eigenvalue weighted by Crippen LogP contribution is -2.35. The molecule has 1 fully saturated rings. The highest BCUT2D eigenvalue weighted by Crippen LogP contribution is 2.28. The molecule has 1 aromatic heterocycles. The third kappa shape index (κ3) is 5.10. The molecule has 0 radical (unpaired) electrons. The highest BCUT2D eigenvalue weighted by molar-refractivity contribution is 6.01. The number of benzene rings is 2. The fourth-order valence-electron chi connectivity index (χ4n) is 4.13. The van der Waals surface area contributed by atoms with E-state index in [-0.39, 0.29) is 37.4 Å². The van der Waals surface area contributed by atoms with Crippen molar-refractivity contribution in [3.63, 3.8) is 0 Å². The summed E-state index contributed by atoms with van der Waals surface area (Å²) >= 11 is 0. The third-order valence-electron chi connectivity index (χ3n) is 6.00. The molecule has 7 nitrogen and oxygen atoms in total. The zero-order valence-corrected chi connectivity index (χ0v) is 18.6. The fraction of sp³-hybridized carbons (Fsp3) is 0.400. The molecule has 0 spiro atoms. The normalized spacial score (nSPS) is 13.9. The van der Waals surface area contributed by atoms with Crippen LogP contribution in [0.25, 0.3) is 10.8 Å². The number of nitrogens with zero attached hydrogens (tertiary/aromatic N) is 1. The zero-order valence-electron chi connectivity index (χ0n) is 18.6. The Kier molecular flexibility index (Phi) is 6.73. The van der Waals surface area contributed by atoms with Crippen LogP contribution in [0.5, 0.6) is 5.75 Å². The van der Waals surface area contributed by atoms with Crippen LogP contribution in [0.1, 0.15) is 59.5 Å². The van der Waals surface area contributed by atoms with Crippen molar-refractivity contribution in [2.24, 2.45) is 0 Å². The van der Waals surface area contributed by atoms with Gasteiger partial charge in [-0.05, 0) is 49.6 Å². The van der Waals surface area contributed by atoms with E-state index in [1.807, 2.05) is 50.2 Å². The van der Waals surface area contributed by atoms with Crippen LogP contribution in [0.4, 0.5) is 0 Å². The summed E-state index contributed by atoms with van der Waals surface area (Å²) in [5.41, 5.74) is 2.07. The number of aromatic nitrogens is 1. The quantitative estimate of drug-likeness (QED) is 0.553. The lowest BCUT2D eigenvalue weighted by molar-refractivity contribution is -0.121. The van der Waals surface area contributed by atoms with E-state index >= 15 is 0 Å². The Morgan fingerprint density at radius 3 is 2.53 bits per heavy atom. The van der Waals surface area contributed by atoms with Gasteiger partial charge in [0.05, 0.1) is 16.8 Å². The van der Waals surface area contributed by atoms with Gasteiger partial charge >= 0.3 is 0 Å². The molecule has 168 valence electrons. The molecule has 0 bridgehead atoms. The van der Waals surface area contributed by atoms with Gasteiger partial charge < -0.3 is 19.9 Å². The Morgan fingerprint density at radius 2 is 1.84 bits per heavy atom. The minimum Gasteiger partial charge on any atom is -0.488 e. The Morgan fingerprint density at radius 1 is 1.12 bits per heavy atom. The number of aryl methyl sites for hydroxylation is 2. The van der Waals surface area contributed by atoms with Gasteiger partial charge in [-0.15, -0.1) is 0 Å². The number of hydrogen-bond acceptors (Lipinski definition) is 5. The molecular weight excluding hydrogens is 406 g/mol. The van der Waals surface area contributed by atoms with Crippen LogP contribution < -0.4 is 15.4 Å². The zero-order chi connectivity index (χ0) is 22.5. The first-order chi connectivity index (χ1) is 15.5. The van der Waals surface area contributed by atoms with Gasteiger partial charge in [-0.3, -0.25) is 9.59 Å². The van der Waals surface area contributed by atoms with Gasteiger partial charge in [0.25, 0.3) is 5.91 Å². The molecular formula is C25H29N3O4. The van der Waals surface area contributed by atoms with Crippen molar-refractivity contribution in [1.29, 1.82) is 0 Å². The van der Waals surface area contributed by atoms with Crippen molar-refractivity contribution in [3.8, 4) is 5.75 Å². The van der Waals surface area contributed by atoms with Crippen LogP contribution in [0, 0.1) is 13.8 Å². The van der Waals surface area contributed by atoms with E-state index in [4.69, 9.17) is 9.26 Å². The molecule has 0 unspecified atom stereocenters. The van der Waals surface area contributed by atoms with Crippen LogP contribution in [-0.2, 0) is 11.4 Å². The molecule has 2 aromatic carbocycles. The van der Waals surface area contributed by atoms with Crippen LogP contribution in [-0.4, -0.2) is 29.6 Å². The van der Waals surface area contributed by atoms with Gasteiger partial charge in [0.1, 0.15) is 18.1 Å². The molecule has 2 N–H and O–H groups in total. The van der Waals surface area contributed by atoms with Crippen molar-refractivity contribution in [2.75, 3.05) is 6.54 Å². The van der Waals surface area contributed by atoms with Gasteiger partial charge in [-0.1, -0.05) is 42.3 Å². The van der Waals surface area contributed by atoms with Crippen LogP contribution >= 0.6 is 0 Å². The molecule has 32 heavy (non-hydrogen) atoms. The summed E-state index contributed by atoms with van der Waals surface area (Å²) in [7, 11) is 0. The number of carbonyl (C=O) groups excluding carboxylic acids is 2. The molecule has 1 saturated carbocycles. The van der Waals surface area contributed by atoms with E-state index in [1.54, 1.807) is 0 Å². The molecule has 2 amide bonds. The van der Waals surface area contributed by atoms with Crippen molar-refractivity contribution >= 4 is 22.6 Å². The van der Waals surface area contributed by atoms with E-state index in [0.29, 0.717) is 17.1 Å². The fourth-order valence-corrected chi connectivity index (χ4v) is 4.13. The highest BCUT2D eigenvalue weighted by atomic mass is 16.5. The Hall–Kier alpha value is -3.35. The van der Waals surface area contributed by atoms with Gasteiger partial charge in [0.15, 0.2) is 0 Å². The van der Waals surface area contributed by atoms with Crippen LogP contribution in [0.15, 0.2) is 40.9 Å². The first-order valence-corrected chi connectivity index (χ1v) is 11.2. The number of rotatable bonds is 8. The standard InChI is InChI=1S/C25H29N3O4/c1-16-22(17(2)32-28-16)15-31-23-14-19-8-4-3-7-18(19)13-21(23)25(30)26-12-11-24(29)27-20-9-5-6-10-20/h3-4,7-8,13-14,20H,5-6,9-12,15H2,1-2H3,(H,26,30)(H,27,29). The molecule has 3 aromatic rings. The summed E-state index contributed by atoms with van der Waals surface area (Å²) in [5, 5.41) is 11.8. The molecule has 0 aliphatic heterocycles. The van der Waals surface area contributed by atoms with Crippen molar-refractivity contribution in [1.82, 2.24) is 15.8 Å². The van der Waals surface area contributed by atoms with Gasteiger partial charge in [0, 0.05) is 19.0 Å². The maximum atomic E-state index is 13.0. The van der Waals surface area contributed by atoms with Crippen LogP contribution in [0.2, 0.25) is 0 Å². The number of ether oxygens (including phenoxy) is 1. The average molecular weight is 436 g/mol. The first kappa shape index (κ1) is 21.9. The maximum Gasteiger partial charge on any atom is 0.255 e. The number of carbonyl (C=O) groups is 2. The van der Waals surface area contributed by atoms with E-state index in [0.717, 1.165) is 34.9 Å². The largest absolute Gasteiger partial charge is 0.488 e. The molecule has 1 heterocycles. The number of hydrogen-bond donors (Lipinski definition) is 2. The Bertz CT molecular complexity index is 1100. The van der Waals surface area contributed by atoms with Crippen molar-refractivity contribution in [2.45, 2.75) is 58.6 Å². The second kappa shape index (κ2) is 9.85. The van der Waals surface area contributed by atoms with Crippen LogP contribution in [0.3, 0.4) is 0 Å². The smallest absolute Gasteiger partial charge is 0.255 e. The molecule has 1 aliphatic rings. The minimum absolute atomic E-state index is 0.0226. The monoisotopic (exact) mass is 435 g/mol. The van der Waals surface area contributed by atoms with Crippen molar-refractivity contribution < 1.29 is 18.8 Å².